The highest BCUT2D eigenvalue weighted by Gasteiger charge is 2.24. The molecule has 1 saturated heterocycles. The van der Waals surface area contributed by atoms with Crippen LogP contribution in [-0.2, 0) is 0 Å². The molecule has 2 unspecified atom stereocenters. The van der Waals surface area contributed by atoms with Crippen LogP contribution in [0.3, 0.4) is 0 Å². The number of rotatable bonds is 6. The molecule has 1 N–H and O–H groups in total. The lowest BCUT2D eigenvalue weighted by Crippen LogP contribution is -2.42. The Kier molecular flexibility index (Phi) is 6.06. The maximum absolute atomic E-state index is 3.82. The third-order valence-corrected chi connectivity index (χ3v) is 5.76. The second-order valence-electron chi connectivity index (χ2n) is 6.30. The van der Waals surface area contributed by atoms with E-state index >= 15 is 0 Å². The fraction of sp³-hybridized carbons (Fsp3) is 0.765. The number of nitrogens with zero attached hydrogens (tertiary/aromatic N) is 1. The van der Waals surface area contributed by atoms with Gasteiger partial charge in [0.1, 0.15) is 0 Å². The maximum atomic E-state index is 3.82. The molecule has 2 atom stereocenters. The average molecular weight is 295 g/mol. The number of hydrogen-bond donors (Lipinski definition) is 1. The maximum Gasteiger partial charge on any atom is 0.0388 e. The van der Waals surface area contributed by atoms with E-state index in [1.54, 1.807) is 0 Å². The van der Waals surface area contributed by atoms with E-state index in [1.807, 2.05) is 11.3 Å². The molecular formula is C17H30N2S. The molecular weight excluding hydrogens is 264 g/mol. The van der Waals surface area contributed by atoms with Crippen LogP contribution in [0.5, 0.6) is 0 Å². The van der Waals surface area contributed by atoms with Gasteiger partial charge in [-0.25, -0.2) is 0 Å². The summed E-state index contributed by atoms with van der Waals surface area (Å²) in [6, 6.07) is 5.61. The van der Waals surface area contributed by atoms with Gasteiger partial charge in [0, 0.05) is 21.8 Å². The van der Waals surface area contributed by atoms with Crippen LogP contribution < -0.4 is 5.32 Å². The van der Waals surface area contributed by atoms with Crippen LogP contribution in [0.2, 0.25) is 0 Å². The molecule has 0 aromatic carbocycles. The van der Waals surface area contributed by atoms with Gasteiger partial charge >= 0.3 is 0 Å². The molecule has 0 radical (unpaired) electrons. The van der Waals surface area contributed by atoms with Crippen LogP contribution in [0.15, 0.2) is 12.1 Å². The Hall–Kier alpha value is -0.380. The molecule has 1 aliphatic rings. The lowest BCUT2D eigenvalue weighted by molar-refractivity contribution is 0.159. The Labute approximate surface area is 128 Å². The van der Waals surface area contributed by atoms with E-state index in [0.717, 1.165) is 5.92 Å². The summed E-state index contributed by atoms with van der Waals surface area (Å²) in [7, 11) is 0. The van der Waals surface area contributed by atoms with E-state index in [9.17, 15) is 0 Å². The smallest absolute Gasteiger partial charge is 0.0388 e. The Bertz CT molecular complexity index is 393. The Morgan fingerprint density at radius 1 is 1.30 bits per heavy atom. The normalized spacial score (nSPS) is 21.0. The van der Waals surface area contributed by atoms with Gasteiger partial charge in [-0.3, -0.25) is 0 Å². The summed E-state index contributed by atoms with van der Waals surface area (Å²) >= 11 is 1.92. The van der Waals surface area contributed by atoms with Crippen molar-refractivity contribution in [3.05, 3.63) is 21.9 Å². The molecule has 1 fully saturated rings. The molecule has 1 aromatic heterocycles. The molecule has 20 heavy (non-hydrogen) atoms. The SMILES string of the molecule is CCCN1CCC(C(C)NC(C)c2ccc(C)s2)CC1. The van der Waals surface area contributed by atoms with Crippen LogP contribution in [-0.4, -0.2) is 30.6 Å². The number of likely N-dealkylation sites (tertiary alicyclic amines) is 1. The minimum Gasteiger partial charge on any atom is -0.307 e. The van der Waals surface area contributed by atoms with E-state index in [2.05, 4.69) is 50.0 Å². The quantitative estimate of drug-likeness (QED) is 0.845. The van der Waals surface area contributed by atoms with Crippen molar-refractivity contribution in [1.82, 2.24) is 10.2 Å². The summed E-state index contributed by atoms with van der Waals surface area (Å²) in [6.07, 6.45) is 3.99. The van der Waals surface area contributed by atoms with Gasteiger partial charge in [0.2, 0.25) is 0 Å². The van der Waals surface area contributed by atoms with E-state index in [-0.39, 0.29) is 0 Å². The number of thiophene rings is 1. The van der Waals surface area contributed by atoms with E-state index in [1.165, 1.54) is 48.7 Å². The summed E-state index contributed by atoms with van der Waals surface area (Å²) in [5.41, 5.74) is 0. The molecule has 0 aliphatic carbocycles. The molecule has 2 rings (SSSR count). The average Bonchev–Trinajstić information content (AvgIpc) is 2.86. The van der Waals surface area contributed by atoms with Crippen molar-refractivity contribution in [3.63, 3.8) is 0 Å². The van der Waals surface area contributed by atoms with Crippen LogP contribution in [0, 0.1) is 12.8 Å². The lowest BCUT2D eigenvalue weighted by Gasteiger charge is -2.36. The predicted molar refractivity (Wildman–Crippen MR) is 89.5 cm³/mol. The highest BCUT2D eigenvalue weighted by atomic mass is 32.1. The summed E-state index contributed by atoms with van der Waals surface area (Å²) in [5.74, 6) is 0.839. The first kappa shape index (κ1) is 16.0. The third kappa shape index (κ3) is 4.31. The van der Waals surface area contributed by atoms with Gasteiger partial charge in [-0.05, 0) is 77.7 Å². The van der Waals surface area contributed by atoms with E-state index in [0.29, 0.717) is 12.1 Å². The van der Waals surface area contributed by atoms with Crippen LogP contribution in [0.25, 0.3) is 0 Å². The Balaban J connectivity index is 1.79. The lowest BCUT2D eigenvalue weighted by atomic mass is 9.90. The second-order valence-corrected chi connectivity index (χ2v) is 7.62. The first-order valence-electron chi connectivity index (χ1n) is 8.15. The third-order valence-electron chi connectivity index (χ3n) is 4.58. The molecule has 1 aromatic rings. The highest BCUT2D eigenvalue weighted by Crippen LogP contribution is 2.26. The molecule has 1 aliphatic heterocycles. The first-order chi connectivity index (χ1) is 9.60. The number of hydrogen-bond acceptors (Lipinski definition) is 3. The molecule has 2 nitrogen and oxygen atoms in total. The highest BCUT2D eigenvalue weighted by molar-refractivity contribution is 7.12. The summed E-state index contributed by atoms with van der Waals surface area (Å²) in [4.78, 5) is 5.50. The molecule has 3 heteroatoms. The second kappa shape index (κ2) is 7.58. The first-order valence-corrected chi connectivity index (χ1v) is 8.96. The summed E-state index contributed by atoms with van der Waals surface area (Å²) < 4.78 is 0. The van der Waals surface area contributed by atoms with Crippen molar-refractivity contribution < 1.29 is 0 Å². The van der Waals surface area contributed by atoms with Crippen molar-refractivity contribution in [2.75, 3.05) is 19.6 Å². The molecule has 0 spiro atoms. The standard InChI is InChI=1S/C17H30N2S/c1-5-10-19-11-8-16(9-12-19)14(3)18-15(4)17-7-6-13(2)20-17/h6-7,14-16,18H,5,8-12H2,1-4H3. The molecule has 0 amide bonds. The van der Waals surface area contributed by atoms with Gasteiger partial charge in [0.05, 0.1) is 0 Å². The minimum absolute atomic E-state index is 0.484. The Morgan fingerprint density at radius 2 is 2.00 bits per heavy atom. The molecule has 0 saturated carbocycles. The van der Waals surface area contributed by atoms with Crippen LogP contribution in [0.4, 0.5) is 0 Å². The van der Waals surface area contributed by atoms with Gasteiger partial charge in [-0.2, -0.15) is 0 Å². The number of nitrogens with one attached hydrogen (secondary N) is 1. The van der Waals surface area contributed by atoms with Gasteiger partial charge in [-0.15, -0.1) is 11.3 Å². The fourth-order valence-corrected chi connectivity index (χ4v) is 4.18. The van der Waals surface area contributed by atoms with Crippen molar-refractivity contribution in [2.45, 2.75) is 59.0 Å². The monoisotopic (exact) mass is 294 g/mol. The zero-order valence-corrected chi connectivity index (χ0v) is 14.3. The van der Waals surface area contributed by atoms with Gasteiger partial charge in [-0.1, -0.05) is 6.92 Å². The summed E-state index contributed by atoms with van der Waals surface area (Å²) in [5, 5.41) is 3.82. The summed E-state index contributed by atoms with van der Waals surface area (Å²) in [6.45, 7) is 13.0. The van der Waals surface area contributed by atoms with Gasteiger partial charge in [0.25, 0.3) is 0 Å². The van der Waals surface area contributed by atoms with Gasteiger partial charge in [0.15, 0.2) is 0 Å². The Morgan fingerprint density at radius 3 is 2.55 bits per heavy atom. The van der Waals surface area contributed by atoms with E-state index < -0.39 is 0 Å². The van der Waals surface area contributed by atoms with Gasteiger partial charge < -0.3 is 10.2 Å². The van der Waals surface area contributed by atoms with Crippen LogP contribution in [0.1, 0.15) is 55.8 Å². The van der Waals surface area contributed by atoms with Crippen molar-refractivity contribution in [2.24, 2.45) is 5.92 Å². The van der Waals surface area contributed by atoms with Crippen LogP contribution >= 0.6 is 11.3 Å². The minimum atomic E-state index is 0.484. The molecule has 2 heterocycles. The fourth-order valence-electron chi connectivity index (χ4n) is 3.29. The topological polar surface area (TPSA) is 15.3 Å². The van der Waals surface area contributed by atoms with Crippen molar-refractivity contribution in [3.8, 4) is 0 Å². The zero-order chi connectivity index (χ0) is 14.5. The molecule has 0 bridgehead atoms. The largest absolute Gasteiger partial charge is 0.307 e. The molecule has 114 valence electrons. The van der Waals surface area contributed by atoms with Crippen molar-refractivity contribution in [1.29, 1.82) is 0 Å². The zero-order valence-electron chi connectivity index (χ0n) is 13.5. The number of piperidine rings is 1. The predicted octanol–water partition coefficient (Wildman–Crippen LogP) is 4.22. The van der Waals surface area contributed by atoms with Crippen molar-refractivity contribution >= 4 is 11.3 Å². The number of aryl methyl sites for hydroxylation is 1. The van der Waals surface area contributed by atoms with E-state index in [4.69, 9.17) is 0 Å².